The molecule has 0 aliphatic rings. The molecule has 3 aromatic rings. The van der Waals surface area contributed by atoms with E-state index in [-0.39, 0.29) is 29.9 Å². The summed E-state index contributed by atoms with van der Waals surface area (Å²) in [7, 11) is 0. The number of nitrogens with zero attached hydrogens (tertiary/aromatic N) is 4. The maximum atomic E-state index is 13.7. The van der Waals surface area contributed by atoms with Gasteiger partial charge in [0, 0.05) is 0 Å². The van der Waals surface area contributed by atoms with E-state index in [0.29, 0.717) is 0 Å². The molecular weight excluding hydrogens is 309 g/mol. The molecule has 1 unspecified atom stereocenters. The summed E-state index contributed by atoms with van der Waals surface area (Å²) in [5.41, 5.74) is 1.26. The largest absolute Gasteiger partial charge is 0.348 e. The Bertz CT molecular complexity index is 834. The first-order valence-corrected chi connectivity index (χ1v) is 7.50. The van der Waals surface area contributed by atoms with Crippen LogP contribution >= 0.6 is 0 Å². The van der Waals surface area contributed by atoms with Gasteiger partial charge in [-0.3, -0.25) is 4.79 Å². The van der Waals surface area contributed by atoms with E-state index < -0.39 is 5.82 Å². The number of hydrogen-bond donors (Lipinski definition) is 1. The van der Waals surface area contributed by atoms with Crippen LogP contribution in [0.3, 0.4) is 0 Å². The minimum absolute atomic E-state index is 0.0847. The van der Waals surface area contributed by atoms with Gasteiger partial charge in [0.1, 0.15) is 12.4 Å². The molecule has 1 aromatic heterocycles. The smallest absolute Gasteiger partial charge is 0.244 e. The van der Waals surface area contributed by atoms with E-state index in [1.807, 2.05) is 37.3 Å². The van der Waals surface area contributed by atoms with Crippen molar-refractivity contribution in [2.45, 2.75) is 19.5 Å². The quantitative estimate of drug-likeness (QED) is 0.781. The number of tetrazole rings is 1. The molecule has 0 bridgehead atoms. The summed E-state index contributed by atoms with van der Waals surface area (Å²) in [5, 5.41) is 14.5. The van der Waals surface area contributed by atoms with Crippen LogP contribution in [0.5, 0.6) is 0 Å². The molecule has 1 atom stereocenters. The van der Waals surface area contributed by atoms with Crippen LogP contribution in [0.15, 0.2) is 54.6 Å². The summed E-state index contributed by atoms with van der Waals surface area (Å²) in [6.07, 6.45) is 0. The van der Waals surface area contributed by atoms with E-state index in [1.54, 1.807) is 18.2 Å². The topological polar surface area (TPSA) is 72.7 Å². The predicted octanol–water partition coefficient (Wildman–Crippen LogP) is 2.36. The summed E-state index contributed by atoms with van der Waals surface area (Å²) < 4.78 is 13.7. The van der Waals surface area contributed by atoms with Crippen LogP contribution in [0, 0.1) is 5.82 Å². The number of carbonyl (C=O) groups excluding carboxylic acids is 1. The fourth-order valence-electron chi connectivity index (χ4n) is 2.30. The van der Waals surface area contributed by atoms with Crippen molar-refractivity contribution >= 4 is 5.91 Å². The molecule has 0 aliphatic carbocycles. The zero-order valence-corrected chi connectivity index (χ0v) is 13.1. The van der Waals surface area contributed by atoms with Gasteiger partial charge in [0.15, 0.2) is 0 Å². The van der Waals surface area contributed by atoms with Crippen LogP contribution in [0.2, 0.25) is 0 Å². The number of nitrogens with one attached hydrogen (secondary N) is 1. The molecule has 1 heterocycles. The minimum Gasteiger partial charge on any atom is -0.348 e. The third-order valence-corrected chi connectivity index (χ3v) is 3.53. The maximum Gasteiger partial charge on any atom is 0.244 e. The lowest BCUT2D eigenvalue weighted by Gasteiger charge is -2.13. The van der Waals surface area contributed by atoms with Crippen LogP contribution in [-0.2, 0) is 11.3 Å². The van der Waals surface area contributed by atoms with Crippen LogP contribution in [0.25, 0.3) is 11.4 Å². The van der Waals surface area contributed by atoms with E-state index in [9.17, 15) is 9.18 Å². The highest BCUT2D eigenvalue weighted by molar-refractivity contribution is 5.76. The molecular formula is C17H16FN5O. The molecule has 6 nitrogen and oxygen atoms in total. The van der Waals surface area contributed by atoms with Gasteiger partial charge >= 0.3 is 0 Å². The second kappa shape index (κ2) is 6.99. The SMILES string of the molecule is CC(NC(=O)Cn1nnc(-c2ccccc2F)n1)c1ccccc1. The van der Waals surface area contributed by atoms with Gasteiger partial charge in [0.05, 0.1) is 11.6 Å². The molecule has 0 spiro atoms. The van der Waals surface area contributed by atoms with E-state index >= 15 is 0 Å². The first-order valence-electron chi connectivity index (χ1n) is 7.50. The van der Waals surface area contributed by atoms with Crippen molar-refractivity contribution in [2.75, 3.05) is 0 Å². The Balaban J connectivity index is 1.65. The number of hydrogen-bond acceptors (Lipinski definition) is 4. The van der Waals surface area contributed by atoms with Crippen molar-refractivity contribution in [3.63, 3.8) is 0 Å². The van der Waals surface area contributed by atoms with Gasteiger partial charge in [-0.15, -0.1) is 10.2 Å². The van der Waals surface area contributed by atoms with Crippen LogP contribution in [-0.4, -0.2) is 26.1 Å². The minimum atomic E-state index is -0.431. The van der Waals surface area contributed by atoms with Gasteiger partial charge < -0.3 is 5.32 Å². The van der Waals surface area contributed by atoms with Gasteiger partial charge in [-0.1, -0.05) is 42.5 Å². The molecule has 2 aromatic carbocycles. The molecule has 0 fully saturated rings. The molecule has 122 valence electrons. The first kappa shape index (κ1) is 15.8. The standard InChI is InChI=1S/C17H16FN5O/c1-12(13-7-3-2-4-8-13)19-16(24)11-23-21-17(20-22-23)14-9-5-6-10-15(14)18/h2-10,12H,11H2,1H3,(H,19,24). The summed E-state index contributed by atoms with van der Waals surface area (Å²) in [6.45, 7) is 1.81. The van der Waals surface area contributed by atoms with Crippen molar-refractivity contribution in [2.24, 2.45) is 0 Å². The highest BCUT2D eigenvalue weighted by Crippen LogP contribution is 2.17. The molecule has 0 saturated heterocycles. The third-order valence-electron chi connectivity index (χ3n) is 3.53. The number of rotatable bonds is 5. The lowest BCUT2D eigenvalue weighted by molar-refractivity contribution is -0.122. The van der Waals surface area contributed by atoms with Gasteiger partial charge in [-0.2, -0.15) is 4.80 Å². The number of aromatic nitrogens is 4. The fourth-order valence-corrected chi connectivity index (χ4v) is 2.30. The lowest BCUT2D eigenvalue weighted by atomic mass is 10.1. The number of benzene rings is 2. The molecule has 7 heteroatoms. The molecule has 0 aliphatic heterocycles. The van der Waals surface area contributed by atoms with Crippen LogP contribution in [0.1, 0.15) is 18.5 Å². The van der Waals surface area contributed by atoms with Crippen LogP contribution in [0.4, 0.5) is 4.39 Å². The van der Waals surface area contributed by atoms with Crippen molar-refractivity contribution in [1.29, 1.82) is 0 Å². The molecule has 1 amide bonds. The Kier molecular flexibility index (Phi) is 4.60. The molecule has 0 radical (unpaired) electrons. The van der Waals surface area contributed by atoms with Gasteiger partial charge in [0.2, 0.25) is 11.7 Å². The fraction of sp³-hybridized carbons (Fsp3) is 0.176. The Morgan fingerprint density at radius 2 is 1.88 bits per heavy atom. The lowest BCUT2D eigenvalue weighted by Crippen LogP contribution is -2.30. The first-order chi connectivity index (χ1) is 11.6. The second-order valence-electron chi connectivity index (χ2n) is 5.32. The zero-order chi connectivity index (χ0) is 16.9. The maximum absolute atomic E-state index is 13.7. The van der Waals surface area contributed by atoms with Crippen molar-refractivity contribution in [3.05, 3.63) is 66.0 Å². The monoisotopic (exact) mass is 325 g/mol. The second-order valence-corrected chi connectivity index (χ2v) is 5.32. The summed E-state index contributed by atoms with van der Waals surface area (Å²) in [6, 6.07) is 15.7. The zero-order valence-electron chi connectivity index (χ0n) is 13.1. The van der Waals surface area contributed by atoms with Gasteiger partial charge in [-0.05, 0) is 29.8 Å². The summed E-state index contributed by atoms with van der Waals surface area (Å²) in [5.74, 6) is -0.528. The Labute approximate surface area is 138 Å². The number of amides is 1. The third kappa shape index (κ3) is 3.62. The Hall–Kier alpha value is -3.09. The summed E-state index contributed by atoms with van der Waals surface area (Å²) >= 11 is 0. The normalized spacial score (nSPS) is 11.9. The summed E-state index contributed by atoms with van der Waals surface area (Å²) in [4.78, 5) is 13.2. The molecule has 24 heavy (non-hydrogen) atoms. The van der Waals surface area contributed by atoms with Crippen molar-refractivity contribution in [3.8, 4) is 11.4 Å². The van der Waals surface area contributed by atoms with Gasteiger partial charge in [-0.25, -0.2) is 4.39 Å². The average molecular weight is 325 g/mol. The van der Waals surface area contributed by atoms with Gasteiger partial charge in [0.25, 0.3) is 0 Å². The highest BCUT2D eigenvalue weighted by Gasteiger charge is 2.14. The van der Waals surface area contributed by atoms with Crippen LogP contribution < -0.4 is 5.32 Å². The van der Waals surface area contributed by atoms with E-state index in [4.69, 9.17) is 0 Å². The van der Waals surface area contributed by atoms with Crippen molar-refractivity contribution in [1.82, 2.24) is 25.5 Å². The highest BCUT2D eigenvalue weighted by atomic mass is 19.1. The number of carbonyl (C=O) groups is 1. The Morgan fingerprint density at radius 3 is 2.62 bits per heavy atom. The molecule has 1 N–H and O–H groups in total. The molecule has 3 rings (SSSR count). The van der Waals surface area contributed by atoms with Crippen molar-refractivity contribution < 1.29 is 9.18 Å². The predicted molar refractivity (Wildman–Crippen MR) is 86.2 cm³/mol. The number of halogens is 1. The van der Waals surface area contributed by atoms with E-state index in [0.717, 1.165) is 10.4 Å². The van der Waals surface area contributed by atoms with E-state index in [1.165, 1.54) is 6.07 Å². The Morgan fingerprint density at radius 1 is 1.17 bits per heavy atom. The average Bonchev–Trinajstić information content (AvgIpc) is 3.04. The van der Waals surface area contributed by atoms with E-state index in [2.05, 4.69) is 20.7 Å². The molecule has 0 saturated carbocycles.